The summed E-state index contributed by atoms with van der Waals surface area (Å²) in [7, 11) is 0. The van der Waals surface area contributed by atoms with Crippen molar-refractivity contribution in [3.63, 3.8) is 0 Å². The van der Waals surface area contributed by atoms with Crippen molar-refractivity contribution >= 4 is 22.4 Å². The van der Waals surface area contributed by atoms with Gasteiger partial charge in [0.2, 0.25) is 0 Å². The van der Waals surface area contributed by atoms with Crippen molar-refractivity contribution in [1.82, 2.24) is 9.78 Å². The molecule has 0 saturated heterocycles. The van der Waals surface area contributed by atoms with Crippen molar-refractivity contribution < 1.29 is 0 Å². The minimum Gasteiger partial charge on any atom is -0.237 e. The smallest absolute Gasteiger partial charge is 0.163 e. The molecule has 1 aromatic heterocycles. The Morgan fingerprint density at radius 3 is 2.39 bits per heavy atom. The van der Waals surface area contributed by atoms with E-state index in [4.69, 9.17) is 10.1 Å². The lowest BCUT2D eigenvalue weighted by atomic mass is 9.91. The van der Waals surface area contributed by atoms with Crippen LogP contribution in [0.2, 0.25) is 0 Å². The number of para-hydroxylation sites is 1. The van der Waals surface area contributed by atoms with E-state index in [9.17, 15) is 0 Å². The average molecular weight is 305 g/mol. The summed E-state index contributed by atoms with van der Waals surface area (Å²) in [5.41, 5.74) is 4.34. The molecule has 118 valence electrons. The quantitative estimate of drug-likeness (QED) is 0.577. The SMILES string of the molecule is C/C(=N\c1c2cc(C)ccc2nn1-c1ccccc1)C(C)(C)C. The Morgan fingerprint density at radius 2 is 1.74 bits per heavy atom. The van der Waals surface area contributed by atoms with Gasteiger partial charge < -0.3 is 0 Å². The van der Waals surface area contributed by atoms with Gasteiger partial charge in [0.25, 0.3) is 0 Å². The minimum absolute atomic E-state index is 0.0297. The zero-order valence-electron chi connectivity index (χ0n) is 14.5. The third kappa shape index (κ3) is 3.04. The number of hydrogen-bond acceptors (Lipinski definition) is 2. The van der Waals surface area contributed by atoms with E-state index < -0.39 is 0 Å². The van der Waals surface area contributed by atoms with E-state index in [0.29, 0.717) is 0 Å². The van der Waals surface area contributed by atoms with Crippen LogP contribution >= 0.6 is 0 Å². The lowest BCUT2D eigenvalue weighted by Crippen LogP contribution is -2.16. The molecular formula is C20H23N3. The largest absolute Gasteiger partial charge is 0.237 e. The molecule has 0 aliphatic heterocycles. The van der Waals surface area contributed by atoms with Crippen LogP contribution in [0.25, 0.3) is 16.6 Å². The molecule has 3 nitrogen and oxygen atoms in total. The first kappa shape index (κ1) is 15.5. The lowest BCUT2D eigenvalue weighted by molar-refractivity contribution is 0.587. The van der Waals surface area contributed by atoms with Gasteiger partial charge >= 0.3 is 0 Å². The molecular weight excluding hydrogens is 282 g/mol. The van der Waals surface area contributed by atoms with Gasteiger partial charge in [0.15, 0.2) is 5.82 Å². The Labute approximate surface area is 137 Å². The second kappa shape index (κ2) is 5.65. The molecule has 1 heterocycles. The van der Waals surface area contributed by atoms with Crippen LogP contribution in [0.15, 0.2) is 53.5 Å². The number of hydrogen-bond donors (Lipinski definition) is 0. The molecule has 3 aromatic rings. The highest BCUT2D eigenvalue weighted by atomic mass is 15.3. The molecule has 0 fully saturated rings. The van der Waals surface area contributed by atoms with Crippen molar-refractivity contribution in [1.29, 1.82) is 0 Å². The molecule has 23 heavy (non-hydrogen) atoms. The summed E-state index contributed by atoms with van der Waals surface area (Å²) >= 11 is 0. The van der Waals surface area contributed by atoms with E-state index in [1.54, 1.807) is 0 Å². The van der Waals surface area contributed by atoms with Crippen LogP contribution in [0.3, 0.4) is 0 Å². The van der Waals surface area contributed by atoms with Crippen molar-refractivity contribution in [3.05, 3.63) is 54.1 Å². The molecule has 0 saturated carbocycles. The fourth-order valence-corrected chi connectivity index (χ4v) is 2.37. The Morgan fingerprint density at radius 1 is 1.04 bits per heavy atom. The fraction of sp³-hybridized carbons (Fsp3) is 0.300. The Bertz CT molecular complexity index is 865. The topological polar surface area (TPSA) is 30.2 Å². The molecule has 0 atom stereocenters. The molecule has 0 radical (unpaired) electrons. The second-order valence-corrected chi connectivity index (χ2v) is 7.04. The van der Waals surface area contributed by atoms with Gasteiger partial charge in [-0.2, -0.15) is 5.10 Å². The number of nitrogens with zero attached hydrogens (tertiary/aromatic N) is 3. The average Bonchev–Trinajstić information content (AvgIpc) is 2.85. The van der Waals surface area contributed by atoms with Crippen LogP contribution in [0, 0.1) is 12.3 Å². The number of benzene rings is 2. The number of fused-ring (bicyclic) bond motifs is 1. The monoisotopic (exact) mass is 305 g/mol. The molecule has 0 N–H and O–H groups in total. The molecule has 0 spiro atoms. The third-order valence-electron chi connectivity index (χ3n) is 4.16. The van der Waals surface area contributed by atoms with E-state index in [2.05, 4.69) is 65.0 Å². The highest BCUT2D eigenvalue weighted by molar-refractivity contribution is 5.96. The van der Waals surface area contributed by atoms with Gasteiger partial charge in [0, 0.05) is 16.5 Å². The Balaban J connectivity index is 2.30. The molecule has 3 heteroatoms. The third-order valence-corrected chi connectivity index (χ3v) is 4.16. The maximum Gasteiger partial charge on any atom is 0.163 e. The van der Waals surface area contributed by atoms with E-state index in [1.807, 2.05) is 22.9 Å². The fourth-order valence-electron chi connectivity index (χ4n) is 2.37. The Kier molecular flexibility index (Phi) is 3.80. The molecule has 3 rings (SSSR count). The molecule has 0 amide bonds. The van der Waals surface area contributed by atoms with Gasteiger partial charge in [0.05, 0.1) is 11.2 Å². The van der Waals surface area contributed by atoms with Gasteiger partial charge in [-0.15, -0.1) is 0 Å². The van der Waals surface area contributed by atoms with Gasteiger partial charge in [0.1, 0.15) is 0 Å². The zero-order valence-corrected chi connectivity index (χ0v) is 14.5. The van der Waals surface area contributed by atoms with Gasteiger partial charge in [-0.05, 0) is 38.1 Å². The van der Waals surface area contributed by atoms with Gasteiger partial charge in [-0.1, -0.05) is 50.6 Å². The van der Waals surface area contributed by atoms with Crippen LogP contribution in [0.4, 0.5) is 5.82 Å². The normalized spacial score (nSPS) is 12.8. The predicted molar refractivity (Wildman–Crippen MR) is 98.0 cm³/mol. The number of aryl methyl sites for hydroxylation is 1. The van der Waals surface area contributed by atoms with E-state index in [0.717, 1.165) is 28.1 Å². The summed E-state index contributed by atoms with van der Waals surface area (Å²) in [6, 6.07) is 16.5. The lowest BCUT2D eigenvalue weighted by Gasteiger charge is -2.18. The van der Waals surface area contributed by atoms with Gasteiger partial charge in [-0.3, -0.25) is 0 Å². The highest BCUT2D eigenvalue weighted by Gasteiger charge is 2.18. The van der Waals surface area contributed by atoms with Crippen LogP contribution in [0.1, 0.15) is 33.3 Å². The molecule has 0 aliphatic rings. The van der Waals surface area contributed by atoms with E-state index in [1.165, 1.54) is 5.56 Å². The molecule has 0 aliphatic carbocycles. The number of aliphatic imine (C=N–C) groups is 1. The molecule has 0 bridgehead atoms. The summed E-state index contributed by atoms with van der Waals surface area (Å²) in [6.45, 7) is 10.7. The van der Waals surface area contributed by atoms with E-state index >= 15 is 0 Å². The van der Waals surface area contributed by atoms with E-state index in [-0.39, 0.29) is 5.41 Å². The maximum absolute atomic E-state index is 4.95. The summed E-state index contributed by atoms with van der Waals surface area (Å²) in [4.78, 5) is 4.95. The predicted octanol–water partition coefficient (Wildman–Crippen LogP) is 5.47. The van der Waals surface area contributed by atoms with Crippen molar-refractivity contribution in [2.75, 3.05) is 0 Å². The standard InChI is InChI=1S/C20H23N3/c1-14-11-12-18-17(13-14)19(21-15(2)20(3,4)5)23(22-18)16-9-7-6-8-10-16/h6-13H,1-5H3/b21-15+. The van der Waals surface area contributed by atoms with Crippen molar-refractivity contribution in [3.8, 4) is 5.69 Å². The summed E-state index contributed by atoms with van der Waals surface area (Å²) < 4.78 is 1.94. The zero-order chi connectivity index (χ0) is 16.6. The first-order valence-electron chi connectivity index (χ1n) is 7.97. The van der Waals surface area contributed by atoms with Crippen molar-refractivity contribution in [2.45, 2.75) is 34.6 Å². The number of aromatic nitrogens is 2. The van der Waals surface area contributed by atoms with Crippen molar-refractivity contribution in [2.24, 2.45) is 10.4 Å². The Hall–Kier alpha value is -2.42. The highest BCUT2D eigenvalue weighted by Crippen LogP contribution is 2.31. The second-order valence-electron chi connectivity index (χ2n) is 7.04. The van der Waals surface area contributed by atoms with Crippen LogP contribution in [-0.4, -0.2) is 15.5 Å². The van der Waals surface area contributed by atoms with Crippen LogP contribution in [0.5, 0.6) is 0 Å². The number of rotatable bonds is 2. The van der Waals surface area contributed by atoms with Crippen LogP contribution < -0.4 is 0 Å². The minimum atomic E-state index is 0.0297. The maximum atomic E-state index is 4.95. The summed E-state index contributed by atoms with van der Waals surface area (Å²) in [6.07, 6.45) is 0. The molecule has 0 unspecified atom stereocenters. The molecule has 2 aromatic carbocycles. The first-order valence-corrected chi connectivity index (χ1v) is 7.97. The van der Waals surface area contributed by atoms with Crippen LogP contribution in [-0.2, 0) is 0 Å². The van der Waals surface area contributed by atoms with Gasteiger partial charge in [-0.25, -0.2) is 9.67 Å². The summed E-state index contributed by atoms with van der Waals surface area (Å²) in [5.74, 6) is 0.905. The summed E-state index contributed by atoms with van der Waals surface area (Å²) in [5, 5.41) is 5.86. The first-order chi connectivity index (χ1) is 10.9.